The van der Waals surface area contributed by atoms with Crippen molar-refractivity contribution in [1.82, 2.24) is 20.1 Å². The molecule has 34 heavy (non-hydrogen) atoms. The van der Waals surface area contributed by atoms with Gasteiger partial charge in [-0.05, 0) is 61.9 Å². The molecule has 0 saturated heterocycles. The molecule has 4 rings (SSSR count). The summed E-state index contributed by atoms with van der Waals surface area (Å²) < 4.78 is 27.3. The number of nitrogens with one attached hydrogen (secondary N) is 1. The Balaban J connectivity index is 1.45. The number of hydrogen-bond donors (Lipinski definition) is 1. The number of thiazole rings is 1. The van der Waals surface area contributed by atoms with Crippen molar-refractivity contribution in [2.24, 2.45) is 0 Å². The summed E-state index contributed by atoms with van der Waals surface area (Å²) >= 11 is 13.5. The Morgan fingerprint density at radius 1 is 1.26 bits per heavy atom. The minimum absolute atomic E-state index is 0.153. The SMILES string of the molecule is Cc1nc(C)c(S(=O)(=O)CC(=O)NC/C=C2\CCCc3cnn(Cc4ccc(Cl)cc4Cl)c32)s1. The number of halogens is 2. The van der Waals surface area contributed by atoms with Crippen molar-refractivity contribution < 1.29 is 13.2 Å². The highest BCUT2D eigenvalue weighted by molar-refractivity contribution is 7.94. The van der Waals surface area contributed by atoms with E-state index in [4.69, 9.17) is 23.2 Å². The van der Waals surface area contributed by atoms with Gasteiger partial charge >= 0.3 is 0 Å². The molecule has 0 spiro atoms. The molecule has 1 amide bonds. The minimum atomic E-state index is -3.73. The van der Waals surface area contributed by atoms with E-state index in [-0.39, 0.29) is 10.8 Å². The van der Waals surface area contributed by atoms with Gasteiger partial charge in [-0.1, -0.05) is 35.3 Å². The van der Waals surface area contributed by atoms with Gasteiger partial charge in [-0.3, -0.25) is 9.48 Å². The van der Waals surface area contributed by atoms with Crippen molar-refractivity contribution in [1.29, 1.82) is 0 Å². The Hall–Kier alpha value is -2.20. The minimum Gasteiger partial charge on any atom is -0.352 e. The van der Waals surface area contributed by atoms with Crippen LogP contribution in [0.1, 0.15) is 40.4 Å². The highest BCUT2D eigenvalue weighted by Gasteiger charge is 2.25. The summed E-state index contributed by atoms with van der Waals surface area (Å²) in [5.74, 6) is -1.14. The van der Waals surface area contributed by atoms with Crippen LogP contribution >= 0.6 is 34.5 Å². The number of allylic oxidation sites excluding steroid dienone is 1. The van der Waals surface area contributed by atoms with E-state index in [0.29, 0.717) is 27.3 Å². The Kier molecular flexibility index (Phi) is 7.47. The van der Waals surface area contributed by atoms with E-state index in [1.54, 1.807) is 26.0 Å². The number of sulfone groups is 1. The van der Waals surface area contributed by atoms with Crippen LogP contribution in [0.5, 0.6) is 0 Å². The van der Waals surface area contributed by atoms with Gasteiger partial charge in [-0.25, -0.2) is 13.4 Å². The first-order valence-corrected chi connectivity index (χ1v) is 14.0. The molecule has 1 aliphatic rings. The summed E-state index contributed by atoms with van der Waals surface area (Å²) in [6, 6.07) is 5.40. The zero-order valence-electron chi connectivity index (χ0n) is 18.8. The fraction of sp³-hybridized carbons (Fsp3) is 0.348. The standard InChI is InChI=1S/C23H24Cl2N4O3S2/c1-14-23(33-15(2)28-14)34(31,32)13-21(30)26-9-8-16-4-3-5-17-11-27-29(22(16)17)12-18-6-7-19(24)10-20(18)25/h6-8,10-11H,3-5,9,12-13H2,1-2H3,(H,26,30)/b16-8+. The van der Waals surface area contributed by atoms with Gasteiger partial charge in [0, 0.05) is 16.6 Å². The average molecular weight is 540 g/mol. The van der Waals surface area contributed by atoms with Crippen molar-refractivity contribution in [3.05, 3.63) is 68.0 Å². The van der Waals surface area contributed by atoms with Crippen LogP contribution < -0.4 is 5.32 Å². The second kappa shape index (κ2) is 10.2. The largest absolute Gasteiger partial charge is 0.352 e. The fourth-order valence-corrected chi connectivity index (χ4v) is 7.31. The molecule has 2 aromatic heterocycles. The summed E-state index contributed by atoms with van der Waals surface area (Å²) in [6.45, 7) is 4.12. The van der Waals surface area contributed by atoms with Crippen LogP contribution in [0.15, 0.2) is 34.7 Å². The molecule has 1 aromatic carbocycles. The van der Waals surface area contributed by atoms with Crippen LogP contribution in [0.3, 0.4) is 0 Å². The number of aryl methyl sites for hydroxylation is 3. The molecule has 1 N–H and O–H groups in total. The lowest BCUT2D eigenvalue weighted by Gasteiger charge is -2.18. The Morgan fingerprint density at radius 3 is 2.76 bits per heavy atom. The van der Waals surface area contributed by atoms with E-state index in [1.807, 2.05) is 23.0 Å². The maximum atomic E-state index is 12.6. The summed E-state index contributed by atoms with van der Waals surface area (Å²) in [7, 11) is -3.73. The summed E-state index contributed by atoms with van der Waals surface area (Å²) in [5, 5.41) is 9.09. The van der Waals surface area contributed by atoms with Gasteiger partial charge in [-0.2, -0.15) is 5.10 Å². The number of hydrogen-bond acceptors (Lipinski definition) is 6. The van der Waals surface area contributed by atoms with Gasteiger partial charge in [0.1, 0.15) is 9.96 Å². The summed E-state index contributed by atoms with van der Waals surface area (Å²) in [6.07, 6.45) is 6.57. The molecule has 0 aliphatic heterocycles. The van der Waals surface area contributed by atoms with E-state index in [9.17, 15) is 13.2 Å². The number of aromatic nitrogens is 3. The normalized spacial score (nSPS) is 14.9. The smallest absolute Gasteiger partial charge is 0.235 e. The first-order valence-electron chi connectivity index (χ1n) is 10.8. The van der Waals surface area contributed by atoms with E-state index in [1.165, 1.54) is 0 Å². The Bertz CT molecular complexity index is 1380. The highest BCUT2D eigenvalue weighted by Crippen LogP contribution is 2.32. The van der Waals surface area contributed by atoms with Crippen molar-refractivity contribution in [3.63, 3.8) is 0 Å². The van der Waals surface area contributed by atoms with Gasteiger partial charge in [0.25, 0.3) is 0 Å². The molecule has 2 heterocycles. The lowest BCUT2D eigenvalue weighted by molar-refractivity contribution is -0.118. The third-order valence-electron chi connectivity index (χ3n) is 5.56. The Labute approximate surface area is 212 Å². The molecule has 0 fully saturated rings. The van der Waals surface area contributed by atoms with Crippen LogP contribution in [0.25, 0.3) is 5.57 Å². The van der Waals surface area contributed by atoms with Crippen LogP contribution in [0.4, 0.5) is 0 Å². The van der Waals surface area contributed by atoms with Crippen LogP contribution in [-0.4, -0.2) is 41.4 Å². The van der Waals surface area contributed by atoms with Gasteiger partial charge in [0.05, 0.1) is 29.1 Å². The maximum Gasteiger partial charge on any atom is 0.235 e. The number of amides is 1. The summed E-state index contributed by atoms with van der Waals surface area (Å²) in [4.78, 5) is 16.5. The second-order valence-electron chi connectivity index (χ2n) is 8.16. The van der Waals surface area contributed by atoms with E-state index < -0.39 is 21.5 Å². The van der Waals surface area contributed by atoms with Gasteiger partial charge in [0.2, 0.25) is 5.91 Å². The molecular formula is C23H24Cl2N4O3S2. The van der Waals surface area contributed by atoms with Gasteiger partial charge < -0.3 is 5.32 Å². The molecule has 0 radical (unpaired) electrons. The quantitative estimate of drug-likeness (QED) is 0.473. The average Bonchev–Trinajstić information content (AvgIpc) is 3.33. The first-order chi connectivity index (χ1) is 16.1. The molecule has 0 atom stereocenters. The highest BCUT2D eigenvalue weighted by atomic mass is 35.5. The maximum absolute atomic E-state index is 12.6. The molecule has 0 unspecified atom stereocenters. The molecule has 0 bridgehead atoms. The lowest BCUT2D eigenvalue weighted by Crippen LogP contribution is -2.30. The van der Waals surface area contributed by atoms with Crippen LogP contribution in [-0.2, 0) is 27.6 Å². The number of carbonyl (C=O) groups is 1. The zero-order chi connectivity index (χ0) is 24.5. The monoisotopic (exact) mass is 538 g/mol. The number of rotatable bonds is 7. The number of carbonyl (C=O) groups excluding carboxylic acids is 1. The lowest BCUT2D eigenvalue weighted by atomic mass is 9.92. The third-order valence-corrected chi connectivity index (χ3v) is 9.53. The number of fused-ring (bicyclic) bond motifs is 1. The predicted molar refractivity (Wildman–Crippen MR) is 135 cm³/mol. The molecule has 7 nitrogen and oxygen atoms in total. The fourth-order valence-electron chi connectivity index (χ4n) is 4.07. The van der Waals surface area contributed by atoms with Crippen LogP contribution in [0, 0.1) is 13.8 Å². The molecule has 180 valence electrons. The van der Waals surface area contributed by atoms with Crippen molar-refractivity contribution in [2.75, 3.05) is 12.3 Å². The molecule has 11 heteroatoms. The van der Waals surface area contributed by atoms with Crippen molar-refractivity contribution >= 4 is 55.9 Å². The summed E-state index contributed by atoms with van der Waals surface area (Å²) in [5.41, 5.74) is 4.58. The molecule has 1 aliphatic carbocycles. The van der Waals surface area contributed by atoms with E-state index in [0.717, 1.165) is 53.0 Å². The Morgan fingerprint density at radius 2 is 2.06 bits per heavy atom. The van der Waals surface area contributed by atoms with E-state index in [2.05, 4.69) is 15.4 Å². The topological polar surface area (TPSA) is 93.9 Å². The third kappa shape index (κ3) is 5.54. The van der Waals surface area contributed by atoms with Crippen LogP contribution in [0.2, 0.25) is 10.0 Å². The van der Waals surface area contributed by atoms with Crippen molar-refractivity contribution in [2.45, 2.75) is 43.9 Å². The molecular weight excluding hydrogens is 515 g/mol. The number of nitrogens with zero attached hydrogens (tertiary/aromatic N) is 3. The zero-order valence-corrected chi connectivity index (χ0v) is 21.9. The second-order valence-corrected chi connectivity index (χ2v) is 12.4. The molecule has 0 saturated carbocycles. The van der Waals surface area contributed by atoms with E-state index >= 15 is 0 Å². The van der Waals surface area contributed by atoms with Crippen molar-refractivity contribution in [3.8, 4) is 0 Å². The first kappa shape index (κ1) is 24.9. The number of benzene rings is 1. The predicted octanol–water partition coefficient (Wildman–Crippen LogP) is 4.62. The van der Waals surface area contributed by atoms with Gasteiger partial charge in [-0.15, -0.1) is 11.3 Å². The van der Waals surface area contributed by atoms with Gasteiger partial charge in [0.15, 0.2) is 9.84 Å². The molecule has 3 aromatic rings.